The summed E-state index contributed by atoms with van der Waals surface area (Å²) in [4.78, 5) is 54.9. The van der Waals surface area contributed by atoms with Gasteiger partial charge in [0.05, 0.1) is 27.1 Å². The van der Waals surface area contributed by atoms with Gasteiger partial charge >= 0.3 is 0 Å². The molecule has 11 heteroatoms. The van der Waals surface area contributed by atoms with Crippen molar-refractivity contribution >= 4 is 51.7 Å². The smallest absolute Gasteiger partial charge is 0.270 e. The molecule has 0 bridgehead atoms. The van der Waals surface area contributed by atoms with Gasteiger partial charge in [-0.3, -0.25) is 29.4 Å². The van der Waals surface area contributed by atoms with Crippen LogP contribution in [0.5, 0.6) is 0 Å². The zero-order valence-corrected chi connectivity index (χ0v) is 14.7. The monoisotopic (exact) mass is 399 g/mol. The highest BCUT2D eigenvalue weighted by Crippen LogP contribution is 2.27. The lowest BCUT2D eigenvalue weighted by Crippen LogP contribution is -2.37. The summed E-state index contributed by atoms with van der Waals surface area (Å²) in [6, 6.07) is 8.23. The van der Waals surface area contributed by atoms with Crippen molar-refractivity contribution in [3.63, 3.8) is 0 Å². The number of rotatable bonds is 4. The maximum absolute atomic E-state index is 12.4. The van der Waals surface area contributed by atoms with Crippen LogP contribution in [0.15, 0.2) is 36.4 Å². The Morgan fingerprint density at radius 2 is 1.93 bits per heavy atom. The minimum absolute atomic E-state index is 0.0249. The third-order valence-corrected chi connectivity index (χ3v) is 4.38. The quantitative estimate of drug-likeness (QED) is 0.392. The topological polar surface area (TPSA) is 138 Å². The van der Waals surface area contributed by atoms with Crippen molar-refractivity contribution in [2.45, 2.75) is 0 Å². The Hall–Kier alpha value is -3.79. The van der Waals surface area contributed by atoms with E-state index in [1.807, 2.05) is 0 Å². The van der Waals surface area contributed by atoms with Gasteiger partial charge in [0.1, 0.15) is 6.54 Å². The Morgan fingerprint density at radius 3 is 2.68 bits per heavy atom. The fraction of sp³-hybridized carbons (Fsp3) is 0.0588. The van der Waals surface area contributed by atoms with Crippen LogP contribution in [0.1, 0.15) is 20.7 Å². The average molecular weight is 400 g/mol. The van der Waals surface area contributed by atoms with E-state index >= 15 is 0 Å². The molecule has 28 heavy (non-hydrogen) atoms. The van der Waals surface area contributed by atoms with Gasteiger partial charge in [0.25, 0.3) is 17.5 Å². The van der Waals surface area contributed by atoms with Crippen molar-refractivity contribution in [3.8, 4) is 0 Å². The minimum Gasteiger partial charge on any atom is -0.329 e. The molecule has 2 aromatic carbocycles. The highest BCUT2D eigenvalue weighted by Gasteiger charge is 2.37. The number of nitro benzene ring substituents is 1. The predicted octanol–water partition coefficient (Wildman–Crippen LogP) is 2.36. The summed E-state index contributed by atoms with van der Waals surface area (Å²) in [7, 11) is 0. The lowest BCUT2D eigenvalue weighted by atomic mass is 10.1. The van der Waals surface area contributed by atoms with Gasteiger partial charge in [-0.25, -0.2) is 4.98 Å². The van der Waals surface area contributed by atoms with Gasteiger partial charge in [-0.2, -0.15) is 0 Å². The molecule has 0 radical (unpaired) electrons. The van der Waals surface area contributed by atoms with Gasteiger partial charge in [-0.1, -0.05) is 0 Å². The Balaban J connectivity index is 1.51. The summed E-state index contributed by atoms with van der Waals surface area (Å²) in [5.74, 6) is -2.04. The summed E-state index contributed by atoms with van der Waals surface area (Å²) < 4.78 is 0. The molecule has 1 aliphatic heterocycles. The lowest BCUT2D eigenvalue weighted by Gasteiger charge is -2.13. The van der Waals surface area contributed by atoms with Crippen LogP contribution < -0.4 is 5.32 Å². The Morgan fingerprint density at radius 1 is 1.18 bits per heavy atom. The van der Waals surface area contributed by atoms with Gasteiger partial charge in [-0.15, -0.1) is 0 Å². The number of aromatic amines is 1. The molecule has 1 aliphatic rings. The second kappa shape index (κ2) is 6.43. The molecule has 10 nitrogen and oxygen atoms in total. The SMILES string of the molecule is O=C(CN1C(=O)c2ccc([N+](=O)[O-])cc2C1=O)Nc1ccc2nc(Cl)[nH]c2c1. The molecule has 0 saturated heterocycles. The summed E-state index contributed by atoms with van der Waals surface area (Å²) in [6.07, 6.45) is 0. The number of amides is 3. The number of anilines is 1. The Labute approximate surface area is 161 Å². The molecule has 0 saturated carbocycles. The molecule has 0 fully saturated rings. The summed E-state index contributed by atoms with van der Waals surface area (Å²) >= 11 is 5.78. The van der Waals surface area contributed by atoms with Crippen molar-refractivity contribution in [2.24, 2.45) is 0 Å². The molecule has 0 unspecified atom stereocenters. The first-order valence-electron chi connectivity index (χ1n) is 7.93. The molecule has 2 N–H and O–H groups in total. The molecular formula is C17H10ClN5O5. The first kappa shape index (κ1) is 17.6. The summed E-state index contributed by atoms with van der Waals surface area (Å²) in [6.45, 7) is -0.526. The van der Waals surface area contributed by atoms with Crippen molar-refractivity contribution in [3.05, 3.63) is 62.9 Å². The number of hydrogen-bond acceptors (Lipinski definition) is 6. The molecule has 140 valence electrons. The molecule has 3 aromatic rings. The molecule has 0 spiro atoms. The van der Waals surface area contributed by atoms with Crippen molar-refractivity contribution < 1.29 is 19.3 Å². The van der Waals surface area contributed by atoms with Gasteiger partial charge in [-0.05, 0) is 35.9 Å². The molecule has 2 heterocycles. The lowest BCUT2D eigenvalue weighted by molar-refractivity contribution is -0.384. The van der Waals surface area contributed by atoms with E-state index in [1.54, 1.807) is 18.2 Å². The predicted molar refractivity (Wildman–Crippen MR) is 98.2 cm³/mol. The van der Waals surface area contributed by atoms with E-state index in [2.05, 4.69) is 15.3 Å². The zero-order valence-electron chi connectivity index (χ0n) is 13.9. The maximum atomic E-state index is 12.4. The van der Waals surface area contributed by atoms with Crippen molar-refractivity contribution in [1.82, 2.24) is 14.9 Å². The third-order valence-electron chi connectivity index (χ3n) is 4.20. The van der Waals surface area contributed by atoms with E-state index in [4.69, 9.17) is 11.6 Å². The third kappa shape index (κ3) is 2.95. The number of fused-ring (bicyclic) bond motifs is 2. The van der Waals surface area contributed by atoms with E-state index in [9.17, 15) is 24.5 Å². The van der Waals surface area contributed by atoms with Crippen LogP contribution in [0.25, 0.3) is 11.0 Å². The number of imidazole rings is 1. The van der Waals surface area contributed by atoms with E-state index in [1.165, 1.54) is 6.07 Å². The number of carbonyl (C=O) groups is 3. The second-order valence-electron chi connectivity index (χ2n) is 5.99. The number of nitro groups is 1. The fourth-order valence-electron chi connectivity index (χ4n) is 2.94. The number of nitrogens with one attached hydrogen (secondary N) is 2. The molecule has 1 aromatic heterocycles. The van der Waals surface area contributed by atoms with Crippen LogP contribution >= 0.6 is 11.6 Å². The standard InChI is InChI=1S/C17H10ClN5O5/c18-17-20-12-4-1-8(5-13(12)21-17)19-14(24)7-22-15(25)10-3-2-9(23(27)28)6-11(10)16(22)26/h1-6H,7H2,(H,19,24)(H,20,21). The number of non-ortho nitro benzene ring substituents is 1. The number of hydrogen-bond donors (Lipinski definition) is 2. The van der Waals surface area contributed by atoms with E-state index in [0.717, 1.165) is 17.0 Å². The number of halogens is 1. The maximum Gasteiger partial charge on any atom is 0.270 e. The van der Waals surface area contributed by atoms with Gasteiger partial charge in [0, 0.05) is 17.8 Å². The van der Waals surface area contributed by atoms with Crippen LogP contribution in [0.2, 0.25) is 5.28 Å². The van der Waals surface area contributed by atoms with Crippen LogP contribution in [0.3, 0.4) is 0 Å². The number of benzene rings is 2. The highest BCUT2D eigenvalue weighted by molar-refractivity contribution is 6.29. The summed E-state index contributed by atoms with van der Waals surface area (Å²) in [5, 5.41) is 13.7. The van der Waals surface area contributed by atoms with Crippen LogP contribution in [-0.2, 0) is 4.79 Å². The van der Waals surface area contributed by atoms with E-state index in [-0.39, 0.29) is 22.1 Å². The largest absolute Gasteiger partial charge is 0.329 e. The van der Waals surface area contributed by atoms with Crippen molar-refractivity contribution in [2.75, 3.05) is 11.9 Å². The number of carbonyl (C=O) groups excluding carboxylic acids is 3. The molecule has 0 atom stereocenters. The molecular weight excluding hydrogens is 390 g/mol. The molecule has 3 amide bonds. The van der Waals surface area contributed by atoms with Crippen LogP contribution in [-0.4, -0.2) is 44.1 Å². The van der Waals surface area contributed by atoms with Gasteiger partial charge < -0.3 is 10.3 Å². The first-order valence-corrected chi connectivity index (χ1v) is 8.31. The number of H-pyrrole nitrogens is 1. The van der Waals surface area contributed by atoms with E-state index < -0.39 is 29.2 Å². The molecule has 0 aliphatic carbocycles. The molecule has 4 rings (SSSR count). The fourth-order valence-corrected chi connectivity index (χ4v) is 3.13. The second-order valence-corrected chi connectivity index (χ2v) is 6.35. The van der Waals surface area contributed by atoms with Crippen LogP contribution in [0, 0.1) is 10.1 Å². The Bertz CT molecular complexity index is 1190. The number of aromatic nitrogens is 2. The number of imide groups is 1. The normalized spacial score (nSPS) is 13.1. The number of nitrogens with zero attached hydrogens (tertiary/aromatic N) is 3. The zero-order chi connectivity index (χ0) is 20.0. The minimum atomic E-state index is -0.755. The summed E-state index contributed by atoms with van der Waals surface area (Å²) in [5.41, 5.74) is 1.26. The van der Waals surface area contributed by atoms with Gasteiger partial charge in [0.2, 0.25) is 11.2 Å². The first-order chi connectivity index (χ1) is 13.3. The Kier molecular flexibility index (Phi) is 4.04. The average Bonchev–Trinajstić information content (AvgIpc) is 3.13. The van der Waals surface area contributed by atoms with Gasteiger partial charge in [0.15, 0.2) is 0 Å². The van der Waals surface area contributed by atoms with Crippen molar-refractivity contribution in [1.29, 1.82) is 0 Å². The van der Waals surface area contributed by atoms with E-state index in [0.29, 0.717) is 16.7 Å². The highest BCUT2D eigenvalue weighted by atomic mass is 35.5. The van der Waals surface area contributed by atoms with Crippen LogP contribution in [0.4, 0.5) is 11.4 Å².